The summed E-state index contributed by atoms with van der Waals surface area (Å²) in [5.74, 6) is -2.09. The van der Waals surface area contributed by atoms with Crippen LogP contribution in [0.3, 0.4) is 0 Å². The molecule has 0 aromatic heterocycles. The van der Waals surface area contributed by atoms with Crippen molar-refractivity contribution in [1.82, 2.24) is 0 Å². The van der Waals surface area contributed by atoms with Crippen molar-refractivity contribution in [1.29, 1.82) is 0 Å². The average Bonchev–Trinajstić information content (AvgIpc) is 2.75. The molecule has 0 aliphatic rings. The van der Waals surface area contributed by atoms with Gasteiger partial charge in [0.15, 0.2) is 6.61 Å². The first-order chi connectivity index (χ1) is 15.5. The van der Waals surface area contributed by atoms with E-state index in [2.05, 4.69) is 10.6 Å². The quantitative estimate of drug-likeness (QED) is 0.462. The molecule has 172 valence electrons. The van der Waals surface area contributed by atoms with Crippen molar-refractivity contribution >= 4 is 23.2 Å². The molecule has 0 aliphatic heterocycles. The standard InChI is InChI=1S/C24H20F4N2O3/c1-14-7-9-17(11-15(14)2)33-13-22(31)30-21-10-8-16(12-19(21)24(26,27)28)29-23(32)18-5-3-4-6-20(18)25/h3-12H,13H2,1-2H3,(H,29,32)(H,30,31). The molecule has 0 spiro atoms. The van der Waals surface area contributed by atoms with Crippen LogP contribution in [0.15, 0.2) is 60.7 Å². The van der Waals surface area contributed by atoms with Crippen molar-refractivity contribution in [2.45, 2.75) is 20.0 Å². The number of amides is 2. The van der Waals surface area contributed by atoms with Gasteiger partial charge in [-0.3, -0.25) is 9.59 Å². The summed E-state index contributed by atoms with van der Waals surface area (Å²) in [6, 6.07) is 13.1. The fourth-order valence-corrected chi connectivity index (χ4v) is 2.95. The molecule has 33 heavy (non-hydrogen) atoms. The highest BCUT2D eigenvalue weighted by Gasteiger charge is 2.34. The summed E-state index contributed by atoms with van der Waals surface area (Å²) >= 11 is 0. The van der Waals surface area contributed by atoms with Gasteiger partial charge in [0.05, 0.1) is 16.8 Å². The zero-order valence-corrected chi connectivity index (χ0v) is 17.7. The second kappa shape index (κ2) is 9.72. The molecule has 3 rings (SSSR count). The second-order valence-corrected chi connectivity index (χ2v) is 7.28. The van der Waals surface area contributed by atoms with Crippen molar-refractivity contribution < 1.29 is 31.9 Å². The molecule has 0 unspecified atom stereocenters. The van der Waals surface area contributed by atoms with Gasteiger partial charge in [0.2, 0.25) is 0 Å². The first kappa shape index (κ1) is 23.8. The zero-order chi connectivity index (χ0) is 24.2. The Balaban J connectivity index is 1.73. The molecular formula is C24H20F4N2O3. The first-order valence-corrected chi connectivity index (χ1v) is 9.81. The van der Waals surface area contributed by atoms with Gasteiger partial charge in [0.25, 0.3) is 11.8 Å². The Kier molecular flexibility index (Phi) is 7.01. The predicted octanol–water partition coefficient (Wildman–Crippen LogP) is 5.73. The summed E-state index contributed by atoms with van der Waals surface area (Å²) in [4.78, 5) is 24.4. The van der Waals surface area contributed by atoms with Crippen LogP contribution in [0, 0.1) is 19.7 Å². The SMILES string of the molecule is Cc1ccc(OCC(=O)Nc2ccc(NC(=O)c3ccccc3F)cc2C(F)(F)F)cc1C. The number of carbonyl (C=O) groups excluding carboxylic acids is 2. The maximum atomic E-state index is 13.8. The van der Waals surface area contributed by atoms with Gasteiger partial charge in [0, 0.05) is 5.69 Å². The molecule has 0 radical (unpaired) electrons. The Morgan fingerprint density at radius 2 is 1.64 bits per heavy atom. The lowest BCUT2D eigenvalue weighted by atomic mass is 10.1. The third-order valence-corrected chi connectivity index (χ3v) is 4.82. The molecule has 9 heteroatoms. The predicted molar refractivity (Wildman–Crippen MR) is 116 cm³/mol. The molecule has 5 nitrogen and oxygen atoms in total. The van der Waals surface area contributed by atoms with Gasteiger partial charge in [-0.25, -0.2) is 4.39 Å². The Morgan fingerprint density at radius 3 is 2.30 bits per heavy atom. The third kappa shape index (κ3) is 6.09. The first-order valence-electron chi connectivity index (χ1n) is 9.81. The smallest absolute Gasteiger partial charge is 0.418 e. The lowest BCUT2D eigenvalue weighted by molar-refractivity contribution is -0.137. The molecule has 0 bridgehead atoms. The van der Waals surface area contributed by atoms with Crippen molar-refractivity contribution in [3.05, 3.63) is 88.7 Å². The van der Waals surface area contributed by atoms with E-state index in [4.69, 9.17) is 4.74 Å². The summed E-state index contributed by atoms with van der Waals surface area (Å²) in [6.45, 7) is 3.28. The van der Waals surface area contributed by atoms with E-state index in [1.165, 1.54) is 24.3 Å². The lowest BCUT2D eigenvalue weighted by Gasteiger charge is -2.16. The molecule has 0 atom stereocenters. The summed E-state index contributed by atoms with van der Waals surface area (Å²) in [7, 11) is 0. The fourth-order valence-electron chi connectivity index (χ4n) is 2.95. The minimum absolute atomic E-state index is 0.208. The van der Waals surface area contributed by atoms with Crippen molar-refractivity contribution in [3.63, 3.8) is 0 Å². The largest absolute Gasteiger partial charge is 0.484 e. The number of halogens is 4. The minimum atomic E-state index is -4.82. The van der Waals surface area contributed by atoms with Crippen LogP contribution >= 0.6 is 0 Å². The van der Waals surface area contributed by atoms with E-state index in [-0.39, 0.29) is 11.3 Å². The lowest BCUT2D eigenvalue weighted by Crippen LogP contribution is -2.22. The number of ether oxygens (including phenoxy) is 1. The van der Waals surface area contributed by atoms with Crippen LogP contribution in [0.1, 0.15) is 27.0 Å². The number of nitrogens with one attached hydrogen (secondary N) is 2. The molecule has 0 fully saturated rings. The van der Waals surface area contributed by atoms with Crippen LogP contribution in [0.5, 0.6) is 5.75 Å². The summed E-state index contributed by atoms with van der Waals surface area (Å²) in [5, 5.41) is 4.41. The van der Waals surface area contributed by atoms with Gasteiger partial charge in [-0.2, -0.15) is 13.2 Å². The van der Waals surface area contributed by atoms with E-state index >= 15 is 0 Å². The Hall–Kier alpha value is -3.88. The van der Waals surface area contributed by atoms with Gasteiger partial charge < -0.3 is 15.4 Å². The topological polar surface area (TPSA) is 67.4 Å². The number of carbonyl (C=O) groups is 2. The second-order valence-electron chi connectivity index (χ2n) is 7.28. The number of benzene rings is 3. The average molecular weight is 460 g/mol. The van der Waals surface area contributed by atoms with Crippen molar-refractivity contribution in [2.24, 2.45) is 0 Å². The molecule has 0 saturated heterocycles. The van der Waals surface area contributed by atoms with Crippen LogP contribution in [-0.4, -0.2) is 18.4 Å². The van der Waals surface area contributed by atoms with Gasteiger partial charge in [-0.1, -0.05) is 18.2 Å². The van der Waals surface area contributed by atoms with E-state index in [1.54, 1.807) is 18.2 Å². The van der Waals surface area contributed by atoms with Crippen LogP contribution in [0.2, 0.25) is 0 Å². The maximum Gasteiger partial charge on any atom is 0.418 e. The van der Waals surface area contributed by atoms with Crippen LogP contribution in [0.25, 0.3) is 0 Å². The van der Waals surface area contributed by atoms with E-state index in [0.29, 0.717) is 11.8 Å². The molecule has 2 amide bonds. The van der Waals surface area contributed by atoms with E-state index in [1.807, 2.05) is 13.8 Å². The van der Waals surface area contributed by atoms with Crippen LogP contribution < -0.4 is 15.4 Å². The van der Waals surface area contributed by atoms with Gasteiger partial charge in [0.1, 0.15) is 11.6 Å². The molecule has 2 N–H and O–H groups in total. The fraction of sp³-hybridized carbons (Fsp3) is 0.167. The summed E-state index contributed by atoms with van der Waals surface area (Å²) in [5.41, 5.74) is -0.218. The Bertz CT molecular complexity index is 1190. The molecule has 3 aromatic carbocycles. The van der Waals surface area contributed by atoms with Crippen molar-refractivity contribution in [2.75, 3.05) is 17.2 Å². The van der Waals surface area contributed by atoms with Gasteiger partial charge in [-0.05, 0) is 67.4 Å². The van der Waals surface area contributed by atoms with Crippen LogP contribution in [0.4, 0.5) is 28.9 Å². The highest BCUT2D eigenvalue weighted by atomic mass is 19.4. The molecular weight excluding hydrogens is 440 g/mol. The number of alkyl halides is 3. The third-order valence-electron chi connectivity index (χ3n) is 4.82. The summed E-state index contributed by atoms with van der Waals surface area (Å²) < 4.78 is 59.9. The van der Waals surface area contributed by atoms with Crippen molar-refractivity contribution in [3.8, 4) is 5.75 Å². The number of rotatable bonds is 6. The number of anilines is 2. The number of aryl methyl sites for hydroxylation is 2. The Labute approximate surface area is 187 Å². The van der Waals surface area contributed by atoms with Crippen LogP contribution in [-0.2, 0) is 11.0 Å². The summed E-state index contributed by atoms with van der Waals surface area (Å²) in [6.07, 6.45) is -4.82. The highest BCUT2D eigenvalue weighted by molar-refractivity contribution is 6.04. The molecule has 0 saturated carbocycles. The number of hydrogen-bond donors (Lipinski definition) is 2. The zero-order valence-electron chi connectivity index (χ0n) is 17.7. The highest BCUT2D eigenvalue weighted by Crippen LogP contribution is 2.36. The van der Waals surface area contributed by atoms with E-state index in [9.17, 15) is 27.2 Å². The normalized spacial score (nSPS) is 11.1. The molecule has 3 aromatic rings. The van der Waals surface area contributed by atoms with E-state index in [0.717, 1.165) is 23.3 Å². The van der Waals surface area contributed by atoms with Gasteiger partial charge in [-0.15, -0.1) is 0 Å². The minimum Gasteiger partial charge on any atom is -0.484 e. The molecule has 0 heterocycles. The van der Waals surface area contributed by atoms with Gasteiger partial charge >= 0.3 is 6.18 Å². The number of hydrogen-bond acceptors (Lipinski definition) is 3. The maximum absolute atomic E-state index is 13.8. The monoisotopic (exact) mass is 460 g/mol. The Morgan fingerprint density at radius 1 is 0.909 bits per heavy atom. The van der Waals surface area contributed by atoms with E-state index < -0.39 is 41.7 Å². The molecule has 0 aliphatic carbocycles.